The number of aryl methyl sites for hydroxylation is 1. The minimum absolute atomic E-state index is 0.0885. The zero-order valence-corrected chi connectivity index (χ0v) is 9.80. The fourth-order valence-corrected chi connectivity index (χ4v) is 1.77. The van der Waals surface area contributed by atoms with E-state index in [2.05, 4.69) is 0 Å². The summed E-state index contributed by atoms with van der Waals surface area (Å²) in [6.45, 7) is 5.57. The van der Waals surface area contributed by atoms with Gasteiger partial charge in [0, 0.05) is 17.5 Å². The molecule has 0 spiro atoms. The van der Waals surface area contributed by atoms with Gasteiger partial charge in [-0.2, -0.15) is 0 Å². The van der Waals surface area contributed by atoms with Crippen LogP contribution in [0.1, 0.15) is 37.3 Å². The lowest BCUT2D eigenvalue weighted by Gasteiger charge is -2.17. The summed E-state index contributed by atoms with van der Waals surface area (Å²) < 4.78 is 0. The first-order valence-electron chi connectivity index (χ1n) is 5.40. The SMILES string of the molecule is CCC(O)C(C)c1cc(C)ccc1[N+](=O)[O-]. The van der Waals surface area contributed by atoms with E-state index in [-0.39, 0.29) is 11.6 Å². The van der Waals surface area contributed by atoms with Crippen LogP contribution in [0.5, 0.6) is 0 Å². The first-order chi connectivity index (χ1) is 7.47. The molecule has 0 heterocycles. The normalized spacial score (nSPS) is 14.5. The zero-order valence-electron chi connectivity index (χ0n) is 9.80. The minimum Gasteiger partial charge on any atom is -0.393 e. The van der Waals surface area contributed by atoms with Gasteiger partial charge in [-0.25, -0.2) is 0 Å². The lowest BCUT2D eigenvalue weighted by Crippen LogP contribution is -2.15. The van der Waals surface area contributed by atoms with E-state index in [4.69, 9.17) is 0 Å². The van der Waals surface area contributed by atoms with Gasteiger partial charge in [-0.15, -0.1) is 0 Å². The summed E-state index contributed by atoms with van der Waals surface area (Å²) in [7, 11) is 0. The van der Waals surface area contributed by atoms with Gasteiger partial charge in [-0.3, -0.25) is 10.1 Å². The molecule has 0 aliphatic carbocycles. The topological polar surface area (TPSA) is 63.4 Å². The maximum atomic E-state index is 10.9. The average Bonchev–Trinajstić information content (AvgIpc) is 2.26. The van der Waals surface area contributed by atoms with E-state index in [0.717, 1.165) is 5.56 Å². The third-order valence-electron chi connectivity index (χ3n) is 2.87. The largest absolute Gasteiger partial charge is 0.393 e. The molecular weight excluding hydrogens is 206 g/mol. The van der Waals surface area contributed by atoms with Gasteiger partial charge in [-0.05, 0) is 19.4 Å². The molecule has 0 aliphatic rings. The van der Waals surface area contributed by atoms with Crippen LogP contribution in [-0.2, 0) is 0 Å². The number of nitro benzene ring substituents is 1. The molecule has 0 saturated carbocycles. The lowest BCUT2D eigenvalue weighted by molar-refractivity contribution is -0.385. The Morgan fingerprint density at radius 1 is 1.50 bits per heavy atom. The first-order valence-corrected chi connectivity index (χ1v) is 5.40. The third kappa shape index (κ3) is 2.58. The number of nitrogens with zero attached hydrogens (tertiary/aromatic N) is 1. The van der Waals surface area contributed by atoms with E-state index in [1.165, 1.54) is 6.07 Å². The van der Waals surface area contributed by atoms with E-state index in [9.17, 15) is 15.2 Å². The molecule has 0 aromatic heterocycles. The van der Waals surface area contributed by atoms with Crippen molar-refractivity contribution in [1.82, 2.24) is 0 Å². The van der Waals surface area contributed by atoms with Crippen LogP contribution in [0.15, 0.2) is 18.2 Å². The summed E-state index contributed by atoms with van der Waals surface area (Å²) >= 11 is 0. The Balaban J connectivity index is 3.19. The van der Waals surface area contributed by atoms with E-state index in [1.807, 2.05) is 20.8 Å². The van der Waals surface area contributed by atoms with E-state index in [1.54, 1.807) is 12.1 Å². The third-order valence-corrected chi connectivity index (χ3v) is 2.87. The Labute approximate surface area is 95.1 Å². The highest BCUT2D eigenvalue weighted by Crippen LogP contribution is 2.30. The molecule has 16 heavy (non-hydrogen) atoms. The van der Waals surface area contributed by atoms with Crippen LogP contribution in [0.25, 0.3) is 0 Å². The van der Waals surface area contributed by atoms with Crippen molar-refractivity contribution in [3.8, 4) is 0 Å². The van der Waals surface area contributed by atoms with Crippen LogP contribution < -0.4 is 0 Å². The second-order valence-electron chi connectivity index (χ2n) is 4.08. The Morgan fingerprint density at radius 3 is 2.62 bits per heavy atom. The van der Waals surface area contributed by atoms with Crippen molar-refractivity contribution >= 4 is 5.69 Å². The Bertz CT molecular complexity index is 390. The van der Waals surface area contributed by atoms with Crippen LogP contribution in [0.4, 0.5) is 5.69 Å². The van der Waals surface area contributed by atoms with E-state index >= 15 is 0 Å². The Hall–Kier alpha value is -1.42. The van der Waals surface area contributed by atoms with Gasteiger partial charge in [0.05, 0.1) is 11.0 Å². The van der Waals surface area contributed by atoms with Crippen LogP contribution in [-0.4, -0.2) is 16.1 Å². The molecule has 1 rings (SSSR count). The smallest absolute Gasteiger partial charge is 0.272 e. The lowest BCUT2D eigenvalue weighted by atomic mass is 9.91. The summed E-state index contributed by atoms with van der Waals surface area (Å²) in [6.07, 6.45) is 0.0483. The fraction of sp³-hybridized carbons (Fsp3) is 0.500. The zero-order chi connectivity index (χ0) is 12.3. The van der Waals surface area contributed by atoms with Crippen molar-refractivity contribution in [2.24, 2.45) is 0 Å². The summed E-state index contributed by atoms with van der Waals surface area (Å²) in [5.41, 5.74) is 1.67. The van der Waals surface area contributed by atoms with Crippen LogP contribution in [0, 0.1) is 17.0 Å². The van der Waals surface area contributed by atoms with Gasteiger partial charge in [-0.1, -0.05) is 25.5 Å². The highest BCUT2D eigenvalue weighted by atomic mass is 16.6. The molecule has 0 saturated heterocycles. The summed E-state index contributed by atoms with van der Waals surface area (Å²) in [5, 5.41) is 20.6. The highest BCUT2D eigenvalue weighted by Gasteiger charge is 2.23. The van der Waals surface area contributed by atoms with Crippen molar-refractivity contribution in [3.63, 3.8) is 0 Å². The number of aliphatic hydroxyl groups is 1. The number of benzene rings is 1. The minimum atomic E-state index is -0.541. The van der Waals surface area contributed by atoms with Crippen LogP contribution >= 0.6 is 0 Å². The van der Waals surface area contributed by atoms with Gasteiger partial charge in [0.1, 0.15) is 0 Å². The van der Waals surface area contributed by atoms with Crippen LogP contribution in [0.2, 0.25) is 0 Å². The molecule has 2 atom stereocenters. The molecule has 2 unspecified atom stereocenters. The number of nitro groups is 1. The second-order valence-corrected chi connectivity index (χ2v) is 4.08. The monoisotopic (exact) mass is 223 g/mol. The molecular formula is C12H17NO3. The molecule has 88 valence electrons. The van der Waals surface area contributed by atoms with Gasteiger partial charge < -0.3 is 5.11 Å². The predicted molar refractivity (Wildman–Crippen MR) is 62.5 cm³/mol. The predicted octanol–water partition coefficient (Wildman–Crippen LogP) is 2.78. The summed E-state index contributed by atoms with van der Waals surface area (Å²) in [4.78, 5) is 10.5. The second kappa shape index (κ2) is 5.07. The first kappa shape index (κ1) is 12.6. The van der Waals surface area contributed by atoms with E-state index in [0.29, 0.717) is 12.0 Å². The quantitative estimate of drug-likeness (QED) is 0.630. The molecule has 0 radical (unpaired) electrons. The maximum Gasteiger partial charge on any atom is 0.272 e. The van der Waals surface area contributed by atoms with Crippen molar-refractivity contribution < 1.29 is 10.0 Å². The van der Waals surface area contributed by atoms with Crippen molar-refractivity contribution in [2.45, 2.75) is 39.2 Å². The summed E-state index contributed by atoms with van der Waals surface area (Å²) in [5.74, 6) is -0.217. The molecule has 0 amide bonds. The molecule has 1 N–H and O–H groups in total. The molecule has 0 fully saturated rings. The average molecular weight is 223 g/mol. The van der Waals surface area contributed by atoms with Gasteiger partial charge in [0.25, 0.3) is 5.69 Å². The maximum absolute atomic E-state index is 10.9. The summed E-state index contributed by atoms with van der Waals surface area (Å²) in [6, 6.07) is 5.00. The highest BCUT2D eigenvalue weighted by molar-refractivity contribution is 5.45. The molecule has 1 aromatic carbocycles. The van der Waals surface area contributed by atoms with Gasteiger partial charge in [0.15, 0.2) is 0 Å². The van der Waals surface area contributed by atoms with Crippen molar-refractivity contribution in [1.29, 1.82) is 0 Å². The molecule has 4 heteroatoms. The Morgan fingerprint density at radius 2 is 2.12 bits per heavy atom. The van der Waals surface area contributed by atoms with Crippen molar-refractivity contribution in [3.05, 3.63) is 39.4 Å². The molecule has 4 nitrogen and oxygen atoms in total. The molecule has 0 bridgehead atoms. The number of hydrogen-bond donors (Lipinski definition) is 1. The van der Waals surface area contributed by atoms with Gasteiger partial charge >= 0.3 is 0 Å². The molecule has 1 aromatic rings. The van der Waals surface area contributed by atoms with Crippen molar-refractivity contribution in [2.75, 3.05) is 0 Å². The standard InChI is InChI=1S/C12H17NO3/c1-4-12(14)9(3)10-7-8(2)5-6-11(10)13(15)16/h5-7,9,12,14H,4H2,1-3H3. The van der Waals surface area contributed by atoms with E-state index < -0.39 is 11.0 Å². The fourth-order valence-electron chi connectivity index (χ4n) is 1.77. The van der Waals surface area contributed by atoms with Crippen LogP contribution in [0.3, 0.4) is 0 Å². The number of hydrogen-bond acceptors (Lipinski definition) is 3. The number of aliphatic hydroxyl groups excluding tert-OH is 1. The Kier molecular flexibility index (Phi) is 4.01. The van der Waals surface area contributed by atoms with Gasteiger partial charge in [0.2, 0.25) is 0 Å². The number of rotatable bonds is 4. The molecule has 0 aliphatic heterocycles.